The molecule has 0 saturated carbocycles. The highest BCUT2D eigenvalue weighted by Crippen LogP contribution is 2.54. The minimum Gasteiger partial charge on any atom is -0.315 e. The van der Waals surface area contributed by atoms with Crippen molar-refractivity contribution in [2.24, 2.45) is 0 Å². The lowest BCUT2D eigenvalue weighted by Crippen LogP contribution is -2.50. The third kappa shape index (κ3) is 2.70. The molecule has 0 aromatic heterocycles. The van der Waals surface area contributed by atoms with Crippen LogP contribution in [0.25, 0.3) is 0 Å². The molecule has 2 aromatic carbocycles. The van der Waals surface area contributed by atoms with Gasteiger partial charge in [0.25, 0.3) is 5.91 Å². The Bertz CT molecular complexity index is 1010. The van der Waals surface area contributed by atoms with Crippen molar-refractivity contribution in [1.29, 1.82) is 5.26 Å². The lowest BCUT2D eigenvalue weighted by molar-refractivity contribution is -0.139. The predicted octanol–water partition coefficient (Wildman–Crippen LogP) is 3.55. The standard InChI is InChI=1S/C22H21N3O2S/c1-3-20(26)25-9-10-28-22(25)18-11-15(2)7-8-19(18)24(21(22)27)14-17-6-4-5-16(12-17)13-23/h4-8,11-12H,3,9-10,14H2,1-2H3. The van der Waals surface area contributed by atoms with E-state index in [1.807, 2.05) is 50.2 Å². The Morgan fingerprint density at radius 2 is 2.11 bits per heavy atom. The molecule has 2 amide bonds. The van der Waals surface area contributed by atoms with Gasteiger partial charge in [-0.05, 0) is 30.7 Å². The number of fused-ring (bicyclic) bond motifs is 2. The van der Waals surface area contributed by atoms with Crippen LogP contribution in [0.15, 0.2) is 42.5 Å². The van der Waals surface area contributed by atoms with Gasteiger partial charge in [-0.15, -0.1) is 11.8 Å². The molecule has 4 rings (SSSR count). The fraction of sp³-hybridized carbons (Fsp3) is 0.318. The summed E-state index contributed by atoms with van der Waals surface area (Å²) in [4.78, 5) is 28.9. The van der Waals surface area contributed by atoms with Crippen LogP contribution in [0.2, 0.25) is 0 Å². The van der Waals surface area contributed by atoms with Crippen LogP contribution in [0.1, 0.15) is 35.6 Å². The van der Waals surface area contributed by atoms with Gasteiger partial charge in [-0.2, -0.15) is 5.26 Å². The summed E-state index contributed by atoms with van der Waals surface area (Å²) < 4.78 is 0. The Hall–Kier alpha value is -2.78. The highest BCUT2D eigenvalue weighted by atomic mass is 32.2. The minimum absolute atomic E-state index is 0.000802. The van der Waals surface area contributed by atoms with Crippen molar-refractivity contribution in [3.63, 3.8) is 0 Å². The van der Waals surface area contributed by atoms with Gasteiger partial charge in [0.15, 0.2) is 4.87 Å². The SMILES string of the molecule is CCC(=O)N1CCSC12C(=O)N(Cc1cccc(C#N)c1)c1ccc(C)cc12. The summed E-state index contributed by atoms with van der Waals surface area (Å²) in [5.41, 5.74) is 4.28. The average molecular weight is 391 g/mol. The zero-order valence-electron chi connectivity index (χ0n) is 15.9. The van der Waals surface area contributed by atoms with E-state index in [4.69, 9.17) is 0 Å². The van der Waals surface area contributed by atoms with Gasteiger partial charge in [0.05, 0.1) is 23.9 Å². The second kappa shape index (κ2) is 6.99. The second-order valence-corrected chi connectivity index (χ2v) is 8.40. The molecule has 142 valence electrons. The van der Waals surface area contributed by atoms with Gasteiger partial charge in [-0.3, -0.25) is 9.59 Å². The molecule has 2 aliphatic rings. The van der Waals surface area contributed by atoms with E-state index in [0.29, 0.717) is 25.1 Å². The van der Waals surface area contributed by atoms with Crippen molar-refractivity contribution >= 4 is 29.3 Å². The zero-order chi connectivity index (χ0) is 19.9. The summed E-state index contributed by atoms with van der Waals surface area (Å²) in [6.07, 6.45) is 0.376. The Labute approximate surface area is 168 Å². The predicted molar refractivity (Wildman–Crippen MR) is 110 cm³/mol. The fourth-order valence-electron chi connectivity index (χ4n) is 4.05. The molecule has 28 heavy (non-hydrogen) atoms. The zero-order valence-corrected chi connectivity index (χ0v) is 16.8. The van der Waals surface area contributed by atoms with Crippen LogP contribution in [-0.2, 0) is 21.0 Å². The van der Waals surface area contributed by atoms with Crippen molar-refractivity contribution in [3.05, 3.63) is 64.7 Å². The molecular weight excluding hydrogens is 370 g/mol. The van der Waals surface area contributed by atoms with Crippen molar-refractivity contribution in [1.82, 2.24) is 4.90 Å². The van der Waals surface area contributed by atoms with Crippen molar-refractivity contribution in [2.75, 3.05) is 17.2 Å². The third-order valence-corrected chi connectivity index (χ3v) is 6.77. The van der Waals surface area contributed by atoms with Crippen molar-refractivity contribution in [2.45, 2.75) is 31.7 Å². The molecule has 0 radical (unpaired) electrons. The van der Waals surface area contributed by atoms with Crippen LogP contribution in [0.5, 0.6) is 0 Å². The Morgan fingerprint density at radius 3 is 2.86 bits per heavy atom. The molecule has 2 aliphatic heterocycles. The van der Waals surface area contributed by atoms with E-state index in [-0.39, 0.29) is 11.8 Å². The Morgan fingerprint density at radius 1 is 1.29 bits per heavy atom. The van der Waals surface area contributed by atoms with Gasteiger partial charge >= 0.3 is 0 Å². The highest BCUT2D eigenvalue weighted by Gasteiger charge is 2.59. The summed E-state index contributed by atoms with van der Waals surface area (Å²) in [6, 6.07) is 15.5. The topological polar surface area (TPSA) is 64.4 Å². The molecule has 5 nitrogen and oxygen atoms in total. The van der Waals surface area contributed by atoms with Crippen LogP contribution in [0.4, 0.5) is 5.69 Å². The monoisotopic (exact) mass is 391 g/mol. The van der Waals surface area contributed by atoms with Gasteiger partial charge in [-0.25, -0.2) is 0 Å². The molecule has 1 saturated heterocycles. The maximum Gasteiger partial charge on any atom is 0.268 e. The van der Waals surface area contributed by atoms with E-state index < -0.39 is 4.87 Å². The highest BCUT2D eigenvalue weighted by molar-refractivity contribution is 8.01. The van der Waals surface area contributed by atoms with Crippen LogP contribution >= 0.6 is 11.8 Å². The number of anilines is 1. The maximum absolute atomic E-state index is 13.7. The van der Waals surface area contributed by atoms with Gasteiger partial charge in [-0.1, -0.05) is 36.8 Å². The number of rotatable bonds is 3. The summed E-state index contributed by atoms with van der Waals surface area (Å²) in [6.45, 7) is 4.79. The minimum atomic E-state index is -0.971. The first-order valence-electron chi connectivity index (χ1n) is 9.38. The van der Waals surface area contributed by atoms with E-state index in [2.05, 4.69) is 6.07 Å². The second-order valence-electron chi connectivity index (χ2n) is 7.12. The number of carbonyl (C=O) groups excluding carboxylic acids is 2. The molecule has 0 aliphatic carbocycles. The van der Waals surface area contributed by atoms with E-state index in [1.165, 1.54) is 0 Å². The lowest BCUT2D eigenvalue weighted by atomic mass is 10.0. The summed E-state index contributed by atoms with van der Waals surface area (Å²) >= 11 is 1.55. The number of thioether (sulfide) groups is 1. The molecule has 0 N–H and O–H groups in total. The molecule has 2 aromatic rings. The van der Waals surface area contributed by atoms with Crippen LogP contribution < -0.4 is 4.90 Å². The van der Waals surface area contributed by atoms with Crippen LogP contribution in [0, 0.1) is 18.3 Å². The molecule has 1 unspecified atom stereocenters. The Kier molecular flexibility index (Phi) is 4.64. The number of nitriles is 1. The summed E-state index contributed by atoms with van der Waals surface area (Å²) in [7, 11) is 0. The first-order valence-corrected chi connectivity index (χ1v) is 10.4. The number of amides is 2. The van der Waals surface area contributed by atoms with Crippen LogP contribution in [-0.4, -0.2) is 29.0 Å². The van der Waals surface area contributed by atoms with Gasteiger partial charge in [0, 0.05) is 24.3 Å². The number of benzene rings is 2. The van der Waals surface area contributed by atoms with E-state index in [9.17, 15) is 14.9 Å². The molecule has 1 atom stereocenters. The van der Waals surface area contributed by atoms with E-state index in [0.717, 1.165) is 28.1 Å². The molecule has 2 heterocycles. The molecule has 6 heteroatoms. The normalized spacial score (nSPS) is 20.5. The molecule has 0 bridgehead atoms. The molecular formula is C22H21N3O2S. The number of aryl methyl sites for hydroxylation is 1. The van der Waals surface area contributed by atoms with Crippen molar-refractivity contribution < 1.29 is 9.59 Å². The molecule has 1 fully saturated rings. The van der Waals surface area contributed by atoms with Gasteiger partial charge in [0.1, 0.15) is 0 Å². The van der Waals surface area contributed by atoms with E-state index >= 15 is 0 Å². The summed E-state index contributed by atoms with van der Waals surface area (Å²) in [5, 5.41) is 9.18. The number of carbonyl (C=O) groups is 2. The lowest BCUT2D eigenvalue weighted by Gasteiger charge is -2.33. The van der Waals surface area contributed by atoms with Crippen LogP contribution in [0.3, 0.4) is 0 Å². The maximum atomic E-state index is 13.7. The van der Waals surface area contributed by atoms with Gasteiger partial charge < -0.3 is 9.80 Å². The summed E-state index contributed by atoms with van der Waals surface area (Å²) in [5.74, 6) is 0.668. The number of hydrogen-bond donors (Lipinski definition) is 0. The Balaban J connectivity index is 1.81. The quantitative estimate of drug-likeness (QED) is 0.803. The fourth-order valence-corrected chi connectivity index (χ4v) is 5.53. The van der Waals surface area contributed by atoms with E-state index in [1.54, 1.807) is 27.6 Å². The van der Waals surface area contributed by atoms with Gasteiger partial charge in [0.2, 0.25) is 5.91 Å². The third-order valence-electron chi connectivity index (χ3n) is 5.35. The molecule has 1 spiro atoms. The first kappa shape index (κ1) is 18.6. The smallest absolute Gasteiger partial charge is 0.268 e. The number of hydrogen-bond acceptors (Lipinski definition) is 4. The first-order chi connectivity index (χ1) is 13.5. The average Bonchev–Trinajstić information content (AvgIpc) is 3.25. The largest absolute Gasteiger partial charge is 0.315 e. The van der Waals surface area contributed by atoms with Crippen molar-refractivity contribution in [3.8, 4) is 6.07 Å². The number of nitrogens with zero attached hydrogens (tertiary/aromatic N) is 3.